The third-order valence-corrected chi connectivity index (χ3v) is 2.59. The Labute approximate surface area is 95.9 Å². The topological polar surface area (TPSA) is 75.3 Å². The van der Waals surface area contributed by atoms with Gasteiger partial charge < -0.3 is 10.2 Å². The minimum absolute atomic E-state index is 0.0420. The Morgan fingerprint density at radius 1 is 1.50 bits per heavy atom. The Hall–Kier alpha value is -1.75. The third kappa shape index (κ3) is 1.94. The highest BCUT2D eigenvalue weighted by molar-refractivity contribution is 6.34. The fourth-order valence-electron chi connectivity index (χ4n) is 1.44. The van der Waals surface area contributed by atoms with E-state index in [2.05, 4.69) is 5.10 Å². The molecule has 0 saturated carbocycles. The van der Waals surface area contributed by atoms with E-state index in [1.54, 1.807) is 6.07 Å². The number of aromatic nitrogens is 2. The molecule has 2 rings (SSSR count). The lowest BCUT2D eigenvalue weighted by molar-refractivity contribution is -0.137. The van der Waals surface area contributed by atoms with E-state index in [1.165, 1.54) is 16.8 Å². The van der Waals surface area contributed by atoms with Gasteiger partial charge in [-0.25, -0.2) is 0 Å². The van der Waals surface area contributed by atoms with Crippen molar-refractivity contribution in [2.45, 2.75) is 13.0 Å². The molecular weight excluding hydrogens is 232 g/mol. The number of halogens is 1. The van der Waals surface area contributed by atoms with Crippen LogP contribution in [-0.4, -0.2) is 26.0 Å². The van der Waals surface area contributed by atoms with Gasteiger partial charge in [-0.05, 0) is 18.2 Å². The maximum Gasteiger partial charge on any atom is 0.305 e. The van der Waals surface area contributed by atoms with Crippen LogP contribution in [0.1, 0.15) is 6.42 Å². The first kappa shape index (κ1) is 10.8. The molecule has 84 valence electrons. The summed E-state index contributed by atoms with van der Waals surface area (Å²) in [6.07, 6.45) is -0.0420. The van der Waals surface area contributed by atoms with E-state index in [0.717, 1.165) is 0 Å². The molecule has 0 amide bonds. The summed E-state index contributed by atoms with van der Waals surface area (Å²) >= 11 is 6.01. The number of carboxylic acid groups (broad SMARTS) is 1. The van der Waals surface area contributed by atoms with Crippen LogP contribution in [0.4, 0.5) is 0 Å². The van der Waals surface area contributed by atoms with Crippen molar-refractivity contribution in [3.63, 3.8) is 0 Å². The van der Waals surface area contributed by atoms with E-state index in [0.29, 0.717) is 16.1 Å². The van der Waals surface area contributed by atoms with Gasteiger partial charge in [-0.1, -0.05) is 11.6 Å². The van der Waals surface area contributed by atoms with Crippen molar-refractivity contribution in [1.29, 1.82) is 0 Å². The molecule has 1 aromatic heterocycles. The van der Waals surface area contributed by atoms with Crippen LogP contribution in [0.5, 0.6) is 5.75 Å². The molecule has 0 aliphatic carbocycles. The number of fused-ring (bicyclic) bond motifs is 1. The number of carboxylic acids is 1. The summed E-state index contributed by atoms with van der Waals surface area (Å²) in [6, 6.07) is 4.64. The number of aryl methyl sites for hydroxylation is 1. The van der Waals surface area contributed by atoms with Crippen molar-refractivity contribution in [2.75, 3.05) is 0 Å². The summed E-state index contributed by atoms with van der Waals surface area (Å²) in [4.78, 5) is 10.4. The number of benzene rings is 1. The minimum Gasteiger partial charge on any atom is -0.508 e. The Morgan fingerprint density at radius 3 is 2.94 bits per heavy atom. The van der Waals surface area contributed by atoms with Gasteiger partial charge in [-0.2, -0.15) is 5.10 Å². The second kappa shape index (κ2) is 4.02. The minimum atomic E-state index is -0.904. The van der Waals surface area contributed by atoms with Crippen LogP contribution in [0, 0.1) is 0 Å². The van der Waals surface area contributed by atoms with Crippen LogP contribution >= 0.6 is 11.6 Å². The Bertz CT molecular complexity index is 550. The highest BCUT2D eigenvalue weighted by Crippen LogP contribution is 2.26. The largest absolute Gasteiger partial charge is 0.508 e. The summed E-state index contributed by atoms with van der Waals surface area (Å²) in [6.45, 7) is 0.212. The zero-order valence-corrected chi connectivity index (χ0v) is 8.98. The van der Waals surface area contributed by atoms with E-state index < -0.39 is 5.97 Å². The molecule has 0 radical (unpaired) electrons. The highest BCUT2D eigenvalue weighted by atomic mass is 35.5. The van der Waals surface area contributed by atoms with Gasteiger partial charge in [0.05, 0.1) is 18.5 Å². The van der Waals surface area contributed by atoms with Gasteiger partial charge in [0.2, 0.25) is 0 Å². The molecule has 1 heterocycles. The molecule has 2 N–H and O–H groups in total. The van der Waals surface area contributed by atoms with Crippen molar-refractivity contribution >= 4 is 28.5 Å². The zero-order valence-electron chi connectivity index (χ0n) is 8.22. The van der Waals surface area contributed by atoms with Crippen LogP contribution in [0.3, 0.4) is 0 Å². The van der Waals surface area contributed by atoms with Crippen LogP contribution in [0.2, 0.25) is 5.15 Å². The lowest BCUT2D eigenvalue weighted by atomic mass is 10.2. The number of rotatable bonds is 3. The maximum absolute atomic E-state index is 10.4. The van der Waals surface area contributed by atoms with Crippen LogP contribution in [-0.2, 0) is 11.3 Å². The smallest absolute Gasteiger partial charge is 0.305 e. The Morgan fingerprint density at radius 2 is 2.25 bits per heavy atom. The summed E-state index contributed by atoms with van der Waals surface area (Å²) in [7, 11) is 0. The fraction of sp³-hybridized carbons (Fsp3) is 0.200. The molecular formula is C10H9ClN2O3. The number of aliphatic carboxylic acids is 1. The van der Waals surface area contributed by atoms with Gasteiger partial charge in [0.15, 0.2) is 0 Å². The summed E-state index contributed by atoms with van der Waals surface area (Å²) in [5.74, 6) is -0.800. The molecule has 0 bridgehead atoms. The molecule has 0 spiro atoms. The first-order valence-corrected chi connectivity index (χ1v) is 5.02. The molecule has 5 nitrogen and oxygen atoms in total. The lowest BCUT2D eigenvalue weighted by Gasteiger charge is -1.98. The Balaban J connectivity index is 2.40. The van der Waals surface area contributed by atoms with Gasteiger partial charge in [0.1, 0.15) is 10.9 Å². The summed E-state index contributed by atoms with van der Waals surface area (Å²) in [5.41, 5.74) is 0.633. The molecule has 0 aliphatic rings. The normalized spacial score (nSPS) is 10.8. The predicted octanol–water partition coefficient (Wildman–Crippen LogP) is 1.87. The fourth-order valence-corrected chi connectivity index (χ4v) is 1.71. The van der Waals surface area contributed by atoms with E-state index in [4.69, 9.17) is 16.7 Å². The molecule has 0 unspecified atom stereocenters. The van der Waals surface area contributed by atoms with Crippen molar-refractivity contribution < 1.29 is 15.0 Å². The van der Waals surface area contributed by atoms with Gasteiger partial charge >= 0.3 is 5.97 Å². The molecule has 0 fully saturated rings. The summed E-state index contributed by atoms with van der Waals surface area (Å²) in [5, 5.41) is 22.9. The molecule has 0 atom stereocenters. The number of hydrogen-bond acceptors (Lipinski definition) is 3. The first-order chi connectivity index (χ1) is 7.58. The molecule has 6 heteroatoms. The number of carbonyl (C=O) groups is 1. The summed E-state index contributed by atoms with van der Waals surface area (Å²) < 4.78 is 1.42. The Kier molecular flexibility index (Phi) is 2.70. The van der Waals surface area contributed by atoms with Gasteiger partial charge in [-0.15, -0.1) is 0 Å². The van der Waals surface area contributed by atoms with Crippen molar-refractivity contribution in [2.24, 2.45) is 0 Å². The first-order valence-electron chi connectivity index (χ1n) is 4.65. The monoisotopic (exact) mass is 240 g/mol. The quantitative estimate of drug-likeness (QED) is 0.859. The predicted molar refractivity (Wildman–Crippen MR) is 58.7 cm³/mol. The molecule has 16 heavy (non-hydrogen) atoms. The second-order valence-corrected chi connectivity index (χ2v) is 3.72. The number of phenols is 1. The van der Waals surface area contributed by atoms with Crippen molar-refractivity contribution in [1.82, 2.24) is 9.78 Å². The highest BCUT2D eigenvalue weighted by Gasteiger charge is 2.10. The SMILES string of the molecule is O=C(O)CCn1nc2ccc(O)cc2c1Cl. The van der Waals surface area contributed by atoms with Gasteiger partial charge in [0.25, 0.3) is 0 Å². The molecule has 0 saturated heterocycles. The standard InChI is InChI=1S/C10H9ClN2O3/c11-10-7-5-6(14)1-2-8(7)12-13(10)4-3-9(15)16/h1-2,5,14H,3-4H2,(H,15,16). The number of phenolic OH excluding ortho intramolecular Hbond substituents is 1. The van der Waals surface area contributed by atoms with Crippen molar-refractivity contribution in [3.8, 4) is 5.75 Å². The molecule has 2 aromatic rings. The molecule has 0 aliphatic heterocycles. The van der Waals surface area contributed by atoms with E-state index in [9.17, 15) is 9.90 Å². The average Bonchev–Trinajstić information content (AvgIpc) is 2.53. The number of hydrogen-bond donors (Lipinski definition) is 2. The number of nitrogens with zero attached hydrogens (tertiary/aromatic N) is 2. The molecule has 1 aromatic carbocycles. The van der Waals surface area contributed by atoms with Crippen LogP contribution in [0.25, 0.3) is 10.9 Å². The maximum atomic E-state index is 10.4. The third-order valence-electron chi connectivity index (χ3n) is 2.19. The van der Waals surface area contributed by atoms with E-state index in [1.807, 2.05) is 0 Å². The van der Waals surface area contributed by atoms with Gasteiger partial charge in [0, 0.05) is 5.39 Å². The van der Waals surface area contributed by atoms with Crippen molar-refractivity contribution in [3.05, 3.63) is 23.4 Å². The lowest BCUT2D eigenvalue weighted by Crippen LogP contribution is -2.05. The zero-order chi connectivity index (χ0) is 11.7. The van der Waals surface area contributed by atoms with E-state index >= 15 is 0 Å². The van der Waals surface area contributed by atoms with Crippen LogP contribution in [0.15, 0.2) is 18.2 Å². The van der Waals surface area contributed by atoms with E-state index in [-0.39, 0.29) is 18.7 Å². The number of aromatic hydroxyl groups is 1. The van der Waals surface area contributed by atoms with Crippen LogP contribution < -0.4 is 0 Å². The van der Waals surface area contributed by atoms with Gasteiger partial charge in [-0.3, -0.25) is 9.48 Å². The second-order valence-electron chi connectivity index (χ2n) is 3.36. The average molecular weight is 241 g/mol.